The Morgan fingerprint density at radius 2 is 2.07 bits per heavy atom. The first-order valence-corrected chi connectivity index (χ1v) is 5.40. The molecule has 1 aromatic rings. The van der Waals surface area contributed by atoms with E-state index in [1.165, 1.54) is 5.56 Å². The molecule has 15 heavy (non-hydrogen) atoms. The van der Waals surface area contributed by atoms with Crippen molar-refractivity contribution in [2.24, 2.45) is 0 Å². The van der Waals surface area contributed by atoms with Crippen molar-refractivity contribution in [2.45, 2.75) is 25.6 Å². The molecule has 2 atom stereocenters. The molecule has 80 valence electrons. The topological polar surface area (TPSA) is 31.2 Å². The van der Waals surface area contributed by atoms with Crippen molar-refractivity contribution in [1.29, 1.82) is 0 Å². The SMILES string of the molecule is C[C@H]1N[C@H]1/C=C/COCc1ccccc1. The van der Waals surface area contributed by atoms with E-state index in [-0.39, 0.29) is 0 Å². The van der Waals surface area contributed by atoms with E-state index in [2.05, 4.69) is 36.5 Å². The Morgan fingerprint density at radius 3 is 2.73 bits per heavy atom. The van der Waals surface area contributed by atoms with Gasteiger partial charge >= 0.3 is 0 Å². The first kappa shape index (κ1) is 10.4. The van der Waals surface area contributed by atoms with Crippen LogP contribution in [0, 0.1) is 0 Å². The van der Waals surface area contributed by atoms with E-state index in [0.717, 1.165) is 0 Å². The molecular weight excluding hydrogens is 186 g/mol. The second kappa shape index (κ2) is 5.10. The van der Waals surface area contributed by atoms with Crippen LogP contribution in [0.2, 0.25) is 0 Å². The monoisotopic (exact) mass is 203 g/mol. The Bertz CT molecular complexity index is 321. The van der Waals surface area contributed by atoms with Crippen LogP contribution in [0.1, 0.15) is 12.5 Å². The second-order valence-electron chi connectivity index (χ2n) is 3.91. The number of nitrogens with one attached hydrogen (secondary N) is 1. The van der Waals surface area contributed by atoms with Crippen LogP contribution in [0.4, 0.5) is 0 Å². The van der Waals surface area contributed by atoms with Crippen LogP contribution in [-0.4, -0.2) is 18.7 Å². The van der Waals surface area contributed by atoms with Crippen molar-refractivity contribution in [3.05, 3.63) is 48.0 Å². The number of benzene rings is 1. The van der Waals surface area contributed by atoms with E-state index in [4.69, 9.17) is 4.74 Å². The van der Waals surface area contributed by atoms with Gasteiger partial charge in [-0.05, 0) is 12.5 Å². The van der Waals surface area contributed by atoms with E-state index in [1.54, 1.807) is 0 Å². The van der Waals surface area contributed by atoms with Crippen LogP contribution in [0.15, 0.2) is 42.5 Å². The molecule has 0 bridgehead atoms. The van der Waals surface area contributed by atoms with Crippen molar-refractivity contribution >= 4 is 0 Å². The summed E-state index contributed by atoms with van der Waals surface area (Å²) in [6.07, 6.45) is 4.26. The third-order valence-corrected chi connectivity index (χ3v) is 2.55. The summed E-state index contributed by atoms with van der Waals surface area (Å²) in [5.74, 6) is 0. The van der Waals surface area contributed by atoms with Gasteiger partial charge in [0.05, 0.1) is 13.2 Å². The molecule has 1 aromatic carbocycles. The molecule has 0 saturated carbocycles. The largest absolute Gasteiger partial charge is 0.373 e. The summed E-state index contributed by atoms with van der Waals surface area (Å²) in [6.45, 7) is 3.57. The average molecular weight is 203 g/mol. The van der Waals surface area contributed by atoms with E-state index in [1.807, 2.05) is 18.2 Å². The zero-order chi connectivity index (χ0) is 10.5. The molecule has 0 amide bonds. The van der Waals surface area contributed by atoms with E-state index in [9.17, 15) is 0 Å². The maximum atomic E-state index is 5.52. The lowest BCUT2D eigenvalue weighted by Gasteiger charge is -2.00. The van der Waals surface area contributed by atoms with Crippen molar-refractivity contribution < 1.29 is 4.74 Å². The molecule has 1 heterocycles. The molecule has 1 fully saturated rings. The predicted molar refractivity (Wildman–Crippen MR) is 61.6 cm³/mol. The summed E-state index contributed by atoms with van der Waals surface area (Å²) in [4.78, 5) is 0. The summed E-state index contributed by atoms with van der Waals surface area (Å²) in [5, 5.41) is 3.30. The fourth-order valence-corrected chi connectivity index (χ4v) is 1.49. The van der Waals surface area contributed by atoms with Gasteiger partial charge in [-0.3, -0.25) is 0 Å². The molecule has 2 rings (SSSR count). The van der Waals surface area contributed by atoms with Gasteiger partial charge in [0.2, 0.25) is 0 Å². The van der Waals surface area contributed by atoms with Gasteiger partial charge in [-0.2, -0.15) is 0 Å². The van der Waals surface area contributed by atoms with E-state index in [0.29, 0.717) is 25.3 Å². The molecular formula is C13H17NO. The zero-order valence-corrected chi connectivity index (χ0v) is 9.02. The fourth-order valence-electron chi connectivity index (χ4n) is 1.49. The fraction of sp³-hybridized carbons (Fsp3) is 0.385. The molecule has 2 heteroatoms. The Morgan fingerprint density at radius 1 is 1.33 bits per heavy atom. The van der Waals surface area contributed by atoms with Gasteiger partial charge in [-0.1, -0.05) is 42.5 Å². The highest BCUT2D eigenvalue weighted by atomic mass is 16.5. The lowest BCUT2D eigenvalue weighted by atomic mass is 10.2. The summed E-state index contributed by atoms with van der Waals surface area (Å²) in [6, 6.07) is 11.5. The standard InChI is InChI=1S/C13H17NO/c1-11-13(14-11)8-5-9-15-10-12-6-3-2-4-7-12/h2-8,11,13-14H,9-10H2,1H3/b8-5+/t11-,13+/m1/s1. The Labute approximate surface area is 91.0 Å². The highest BCUT2D eigenvalue weighted by molar-refractivity contribution is 5.13. The molecule has 0 unspecified atom stereocenters. The molecule has 1 saturated heterocycles. The zero-order valence-electron chi connectivity index (χ0n) is 9.02. The third-order valence-electron chi connectivity index (χ3n) is 2.55. The average Bonchev–Trinajstić information content (AvgIpc) is 2.96. The van der Waals surface area contributed by atoms with Crippen LogP contribution in [0.3, 0.4) is 0 Å². The molecule has 1 N–H and O–H groups in total. The van der Waals surface area contributed by atoms with E-state index < -0.39 is 0 Å². The van der Waals surface area contributed by atoms with E-state index >= 15 is 0 Å². The molecule has 0 aliphatic carbocycles. The third kappa shape index (κ3) is 3.50. The Hall–Kier alpha value is -1.12. The van der Waals surface area contributed by atoms with Crippen LogP contribution in [-0.2, 0) is 11.3 Å². The van der Waals surface area contributed by atoms with Crippen molar-refractivity contribution in [1.82, 2.24) is 5.32 Å². The summed E-state index contributed by atoms with van der Waals surface area (Å²) >= 11 is 0. The number of ether oxygens (including phenoxy) is 1. The van der Waals surface area contributed by atoms with Gasteiger partial charge < -0.3 is 10.1 Å². The smallest absolute Gasteiger partial charge is 0.0721 e. The lowest BCUT2D eigenvalue weighted by Crippen LogP contribution is -1.93. The molecule has 1 aliphatic rings. The highest BCUT2D eigenvalue weighted by Gasteiger charge is 2.27. The second-order valence-corrected chi connectivity index (χ2v) is 3.91. The maximum absolute atomic E-state index is 5.52. The van der Waals surface area contributed by atoms with Gasteiger partial charge in [0.25, 0.3) is 0 Å². The van der Waals surface area contributed by atoms with Gasteiger partial charge in [0, 0.05) is 12.1 Å². The molecule has 1 aliphatic heterocycles. The first-order chi connectivity index (χ1) is 7.36. The van der Waals surface area contributed by atoms with Crippen molar-refractivity contribution in [3.63, 3.8) is 0 Å². The molecule has 0 aromatic heterocycles. The first-order valence-electron chi connectivity index (χ1n) is 5.40. The minimum absolute atomic E-state index is 0.574. The minimum Gasteiger partial charge on any atom is -0.373 e. The quantitative estimate of drug-likeness (QED) is 0.451. The van der Waals surface area contributed by atoms with Gasteiger partial charge in [0.15, 0.2) is 0 Å². The number of hydrogen-bond donors (Lipinski definition) is 1. The van der Waals surface area contributed by atoms with Crippen molar-refractivity contribution in [3.8, 4) is 0 Å². The maximum Gasteiger partial charge on any atom is 0.0721 e. The van der Waals surface area contributed by atoms with Crippen LogP contribution in [0.25, 0.3) is 0 Å². The molecule has 0 spiro atoms. The van der Waals surface area contributed by atoms with Crippen molar-refractivity contribution in [2.75, 3.05) is 6.61 Å². The van der Waals surface area contributed by atoms with Crippen LogP contribution < -0.4 is 5.32 Å². The van der Waals surface area contributed by atoms with Crippen LogP contribution in [0.5, 0.6) is 0 Å². The highest BCUT2D eigenvalue weighted by Crippen LogP contribution is 2.10. The molecule has 0 radical (unpaired) electrons. The number of hydrogen-bond acceptors (Lipinski definition) is 2. The minimum atomic E-state index is 0.574. The Kier molecular flexibility index (Phi) is 3.54. The molecule has 2 nitrogen and oxygen atoms in total. The van der Waals surface area contributed by atoms with Gasteiger partial charge in [-0.25, -0.2) is 0 Å². The normalized spacial score (nSPS) is 24.6. The van der Waals surface area contributed by atoms with Gasteiger partial charge in [-0.15, -0.1) is 0 Å². The summed E-state index contributed by atoms with van der Waals surface area (Å²) < 4.78 is 5.52. The van der Waals surface area contributed by atoms with Gasteiger partial charge in [0.1, 0.15) is 0 Å². The number of rotatable bonds is 5. The van der Waals surface area contributed by atoms with Crippen LogP contribution >= 0.6 is 0 Å². The Balaban J connectivity index is 1.61. The lowest BCUT2D eigenvalue weighted by molar-refractivity contribution is 0.148. The summed E-state index contributed by atoms with van der Waals surface area (Å²) in [7, 11) is 0. The summed E-state index contributed by atoms with van der Waals surface area (Å²) in [5.41, 5.74) is 1.23. The predicted octanol–water partition coefficient (Wildman–Crippen LogP) is 2.12.